The van der Waals surface area contributed by atoms with Crippen LogP contribution in [-0.4, -0.2) is 24.7 Å². The molecule has 0 bridgehead atoms. The molecule has 0 spiro atoms. The molecule has 10 heteroatoms. The van der Waals surface area contributed by atoms with Crippen molar-refractivity contribution in [2.24, 2.45) is 0 Å². The van der Waals surface area contributed by atoms with Gasteiger partial charge < -0.3 is 0 Å². The second kappa shape index (κ2) is 7.77. The van der Waals surface area contributed by atoms with Crippen LogP contribution in [-0.2, 0) is 11.6 Å². The Labute approximate surface area is 179 Å². The zero-order chi connectivity index (χ0) is 23.1. The molecule has 0 atom stereocenters. The molecule has 0 aliphatic carbocycles. The molecule has 0 aliphatic heterocycles. The standard InChI is InChI=1S/C22H16F5N5/c1-21(2,16-6-3-5-15(29-16)14-9-10-18(23)31-20(14)24)17-7-4-8-19(30-17)32-12-13(11-28-32)22(25,26)27/h3-12H,1-2H3. The van der Waals surface area contributed by atoms with Gasteiger partial charge in [-0.25, -0.2) is 9.67 Å². The van der Waals surface area contributed by atoms with Crippen molar-refractivity contribution in [2.75, 3.05) is 0 Å². The van der Waals surface area contributed by atoms with Crippen LogP contribution in [0, 0.1) is 11.9 Å². The highest BCUT2D eigenvalue weighted by atomic mass is 19.4. The van der Waals surface area contributed by atoms with E-state index in [1.165, 1.54) is 12.1 Å². The Morgan fingerprint density at radius 2 is 1.50 bits per heavy atom. The third-order valence-corrected chi connectivity index (χ3v) is 5.00. The average Bonchev–Trinajstić information content (AvgIpc) is 3.25. The second-order valence-electron chi connectivity index (χ2n) is 7.56. The first-order chi connectivity index (χ1) is 15.1. The highest BCUT2D eigenvalue weighted by molar-refractivity contribution is 5.59. The van der Waals surface area contributed by atoms with Crippen molar-refractivity contribution in [3.63, 3.8) is 0 Å². The number of hydrogen-bond donors (Lipinski definition) is 0. The third-order valence-electron chi connectivity index (χ3n) is 5.00. The Morgan fingerprint density at radius 3 is 2.16 bits per heavy atom. The molecule has 0 fully saturated rings. The zero-order valence-corrected chi connectivity index (χ0v) is 16.9. The van der Waals surface area contributed by atoms with Crippen molar-refractivity contribution >= 4 is 0 Å². The summed E-state index contributed by atoms with van der Waals surface area (Å²) in [5.74, 6) is -1.71. The van der Waals surface area contributed by atoms with E-state index in [2.05, 4.69) is 20.1 Å². The molecule has 4 aromatic heterocycles. The molecule has 4 rings (SSSR count). The largest absolute Gasteiger partial charge is 0.419 e. The van der Waals surface area contributed by atoms with Crippen molar-refractivity contribution in [1.29, 1.82) is 0 Å². The minimum Gasteiger partial charge on any atom is -0.252 e. The second-order valence-corrected chi connectivity index (χ2v) is 7.56. The minimum atomic E-state index is -4.51. The highest BCUT2D eigenvalue weighted by Gasteiger charge is 2.33. The van der Waals surface area contributed by atoms with Crippen LogP contribution in [0.15, 0.2) is 60.9 Å². The van der Waals surface area contributed by atoms with E-state index in [-0.39, 0.29) is 17.1 Å². The van der Waals surface area contributed by atoms with Gasteiger partial charge in [0.05, 0.1) is 34.4 Å². The monoisotopic (exact) mass is 445 g/mol. The summed E-state index contributed by atoms with van der Waals surface area (Å²) >= 11 is 0. The highest BCUT2D eigenvalue weighted by Crippen LogP contribution is 2.32. The van der Waals surface area contributed by atoms with E-state index >= 15 is 0 Å². The molecule has 4 aromatic rings. The fourth-order valence-corrected chi connectivity index (χ4v) is 3.16. The molecule has 0 radical (unpaired) electrons. The van der Waals surface area contributed by atoms with Gasteiger partial charge in [-0.05, 0) is 50.2 Å². The van der Waals surface area contributed by atoms with E-state index in [4.69, 9.17) is 0 Å². The zero-order valence-electron chi connectivity index (χ0n) is 16.9. The number of pyridine rings is 3. The predicted molar refractivity (Wildman–Crippen MR) is 106 cm³/mol. The number of halogens is 5. The summed E-state index contributed by atoms with van der Waals surface area (Å²) in [6, 6.07) is 12.2. The molecule has 0 aromatic carbocycles. The Morgan fingerprint density at radius 1 is 0.812 bits per heavy atom. The van der Waals surface area contributed by atoms with Crippen molar-refractivity contribution in [2.45, 2.75) is 25.4 Å². The molecule has 4 heterocycles. The number of aromatic nitrogens is 5. The van der Waals surface area contributed by atoms with Crippen LogP contribution in [0.2, 0.25) is 0 Å². The Kier molecular flexibility index (Phi) is 5.23. The maximum absolute atomic E-state index is 14.1. The predicted octanol–water partition coefficient (Wildman–Crippen LogP) is 5.35. The summed E-state index contributed by atoms with van der Waals surface area (Å²) in [4.78, 5) is 12.2. The quantitative estimate of drug-likeness (QED) is 0.314. The molecule has 164 valence electrons. The molecule has 5 nitrogen and oxygen atoms in total. The summed E-state index contributed by atoms with van der Waals surface area (Å²) in [6.45, 7) is 3.66. The van der Waals surface area contributed by atoms with Gasteiger partial charge in [0.15, 0.2) is 5.82 Å². The molecule has 0 saturated heterocycles. The van der Waals surface area contributed by atoms with Crippen LogP contribution in [0.5, 0.6) is 0 Å². The number of rotatable bonds is 4. The first-order valence-corrected chi connectivity index (χ1v) is 9.45. The lowest BCUT2D eigenvalue weighted by molar-refractivity contribution is -0.137. The van der Waals surface area contributed by atoms with Gasteiger partial charge >= 0.3 is 6.18 Å². The average molecular weight is 445 g/mol. The van der Waals surface area contributed by atoms with Crippen molar-refractivity contribution < 1.29 is 22.0 Å². The van der Waals surface area contributed by atoms with E-state index in [1.54, 1.807) is 30.3 Å². The van der Waals surface area contributed by atoms with Gasteiger partial charge in [0, 0.05) is 11.6 Å². The summed E-state index contributed by atoms with van der Waals surface area (Å²) < 4.78 is 67.0. The van der Waals surface area contributed by atoms with E-state index in [0.29, 0.717) is 11.4 Å². The van der Waals surface area contributed by atoms with Gasteiger partial charge in [0.1, 0.15) is 0 Å². The molecule has 0 aliphatic rings. The fourth-order valence-electron chi connectivity index (χ4n) is 3.16. The van der Waals surface area contributed by atoms with Crippen LogP contribution in [0.3, 0.4) is 0 Å². The van der Waals surface area contributed by atoms with Gasteiger partial charge in [-0.2, -0.15) is 32.0 Å². The Hall–Kier alpha value is -3.69. The minimum absolute atomic E-state index is 0.0435. The third kappa shape index (κ3) is 4.08. The molecule has 0 unspecified atom stereocenters. The normalized spacial score (nSPS) is 12.2. The summed E-state index contributed by atoms with van der Waals surface area (Å²) in [5.41, 5.74) is -0.328. The fraction of sp³-hybridized carbons (Fsp3) is 0.182. The summed E-state index contributed by atoms with van der Waals surface area (Å²) in [7, 11) is 0. The lowest BCUT2D eigenvalue weighted by atomic mass is 9.84. The molecule has 0 amide bonds. The first-order valence-electron chi connectivity index (χ1n) is 9.45. The first kappa shape index (κ1) is 21.5. The van der Waals surface area contributed by atoms with Crippen LogP contribution in [0.4, 0.5) is 22.0 Å². The Bertz CT molecular complexity index is 1280. The molecule has 0 N–H and O–H groups in total. The van der Waals surface area contributed by atoms with Gasteiger partial charge in [-0.15, -0.1) is 0 Å². The van der Waals surface area contributed by atoms with Crippen molar-refractivity contribution in [3.05, 3.63) is 89.8 Å². The lowest BCUT2D eigenvalue weighted by Gasteiger charge is -2.24. The van der Waals surface area contributed by atoms with Gasteiger partial charge in [-0.3, -0.25) is 4.98 Å². The van der Waals surface area contributed by atoms with Gasteiger partial charge in [0.2, 0.25) is 11.9 Å². The van der Waals surface area contributed by atoms with E-state index in [0.717, 1.165) is 23.1 Å². The lowest BCUT2D eigenvalue weighted by Crippen LogP contribution is -2.23. The van der Waals surface area contributed by atoms with Crippen LogP contribution >= 0.6 is 0 Å². The summed E-state index contributed by atoms with van der Waals surface area (Å²) in [5, 5.41) is 3.76. The van der Waals surface area contributed by atoms with E-state index in [9.17, 15) is 22.0 Å². The summed E-state index contributed by atoms with van der Waals surface area (Å²) in [6.07, 6.45) is -2.91. The number of alkyl halides is 3. The SMILES string of the molecule is CC(C)(c1cccc(-c2ccc(F)nc2F)n1)c1cccc(-n2cc(C(F)(F)F)cn2)n1. The van der Waals surface area contributed by atoms with Gasteiger partial charge in [-0.1, -0.05) is 12.1 Å². The smallest absolute Gasteiger partial charge is 0.252 e. The molecule has 0 saturated carbocycles. The van der Waals surface area contributed by atoms with Crippen LogP contribution in [0.25, 0.3) is 17.1 Å². The van der Waals surface area contributed by atoms with E-state index < -0.39 is 29.1 Å². The molecule has 32 heavy (non-hydrogen) atoms. The van der Waals surface area contributed by atoms with Crippen LogP contribution < -0.4 is 0 Å². The Balaban J connectivity index is 1.71. The van der Waals surface area contributed by atoms with Crippen molar-refractivity contribution in [3.8, 4) is 17.1 Å². The van der Waals surface area contributed by atoms with E-state index in [1.807, 2.05) is 13.8 Å². The molecular weight excluding hydrogens is 429 g/mol. The molecular formula is C22H16F5N5. The maximum Gasteiger partial charge on any atom is 0.419 e. The van der Waals surface area contributed by atoms with Gasteiger partial charge in [0.25, 0.3) is 0 Å². The maximum atomic E-state index is 14.1. The topological polar surface area (TPSA) is 56.5 Å². The van der Waals surface area contributed by atoms with Crippen molar-refractivity contribution in [1.82, 2.24) is 24.7 Å². The number of nitrogens with zero attached hydrogens (tertiary/aromatic N) is 5. The number of hydrogen-bond acceptors (Lipinski definition) is 4. The van der Waals surface area contributed by atoms with Crippen LogP contribution in [0.1, 0.15) is 30.8 Å².